The van der Waals surface area contributed by atoms with E-state index < -0.39 is 23.9 Å². The van der Waals surface area contributed by atoms with E-state index in [2.05, 4.69) is 34.9 Å². The third-order valence-corrected chi connectivity index (χ3v) is 8.70. The van der Waals surface area contributed by atoms with Crippen LogP contribution in [-0.2, 0) is 20.9 Å². The monoisotopic (exact) mass is 763 g/mol. The third kappa shape index (κ3) is 11.5. The number of benzene rings is 4. The first kappa shape index (κ1) is 41.3. The number of amides is 2. The first-order chi connectivity index (χ1) is 25.0. The molecule has 1 aliphatic rings. The number of nitrogens with zero attached hydrogens (tertiary/aromatic N) is 1. The van der Waals surface area contributed by atoms with Gasteiger partial charge in [0.25, 0.3) is 5.91 Å². The molecule has 1 heterocycles. The van der Waals surface area contributed by atoms with E-state index in [1.165, 1.54) is 6.07 Å². The molecule has 2 atom stereocenters. The summed E-state index contributed by atoms with van der Waals surface area (Å²) in [5.41, 5.74) is 3.11. The van der Waals surface area contributed by atoms with Crippen LogP contribution in [0, 0.1) is 11.2 Å². The molecule has 0 bridgehead atoms. The van der Waals surface area contributed by atoms with Crippen molar-refractivity contribution >= 4 is 47.6 Å². The zero-order chi connectivity index (χ0) is 37.1. The van der Waals surface area contributed by atoms with Crippen molar-refractivity contribution in [2.75, 3.05) is 38.3 Å². The summed E-state index contributed by atoms with van der Waals surface area (Å²) in [6.07, 6.45) is 2.63. The number of carbonyl (C=O) groups excluding carboxylic acids is 2. The van der Waals surface area contributed by atoms with Crippen LogP contribution in [0.25, 0.3) is 6.08 Å². The first-order valence-corrected chi connectivity index (χ1v) is 17.9. The summed E-state index contributed by atoms with van der Waals surface area (Å²) in [5.74, 6) is -0.253. The van der Waals surface area contributed by atoms with Crippen LogP contribution in [0.2, 0.25) is 5.02 Å². The SMILES string of the molecule is COc1c(OCCCNCC=Cc2ccccc2)cccc1C1OC(CC(=O)NCc2ccccc2F)C(=O)N(CC(C)(C)C)c2ccc(Cl)cc21.Cl. The van der Waals surface area contributed by atoms with E-state index in [9.17, 15) is 14.0 Å². The molecule has 0 saturated carbocycles. The molecule has 0 saturated heterocycles. The number of nitrogens with one attached hydrogen (secondary N) is 2. The van der Waals surface area contributed by atoms with Gasteiger partial charge in [-0.25, -0.2) is 4.39 Å². The highest BCUT2D eigenvalue weighted by molar-refractivity contribution is 6.30. The fraction of sp³-hybridized carbons (Fsp3) is 0.333. The molecule has 53 heavy (non-hydrogen) atoms. The summed E-state index contributed by atoms with van der Waals surface area (Å²) in [4.78, 5) is 29.3. The number of fused-ring (bicyclic) bond motifs is 1. The average Bonchev–Trinajstić information content (AvgIpc) is 3.22. The van der Waals surface area contributed by atoms with Crippen molar-refractivity contribution in [2.24, 2.45) is 5.41 Å². The average molecular weight is 765 g/mol. The number of anilines is 1. The highest BCUT2D eigenvalue weighted by Gasteiger charge is 2.40. The van der Waals surface area contributed by atoms with E-state index in [0.717, 1.165) is 25.1 Å². The van der Waals surface area contributed by atoms with Gasteiger partial charge in [0.2, 0.25) is 5.91 Å². The van der Waals surface area contributed by atoms with Gasteiger partial charge in [0.1, 0.15) is 18.0 Å². The zero-order valence-corrected chi connectivity index (χ0v) is 32.1. The fourth-order valence-electron chi connectivity index (χ4n) is 6.05. The Balaban J connectivity index is 0.00000627. The molecule has 4 aromatic carbocycles. The van der Waals surface area contributed by atoms with Gasteiger partial charge in [-0.05, 0) is 54.3 Å². The molecule has 8 nitrogen and oxygen atoms in total. The molecule has 282 valence electrons. The van der Waals surface area contributed by atoms with Crippen molar-refractivity contribution < 1.29 is 28.2 Å². The zero-order valence-electron chi connectivity index (χ0n) is 30.6. The molecule has 1 aliphatic heterocycles. The van der Waals surface area contributed by atoms with Crippen LogP contribution >= 0.6 is 24.0 Å². The van der Waals surface area contributed by atoms with Crippen LogP contribution in [0.15, 0.2) is 97.1 Å². The van der Waals surface area contributed by atoms with Gasteiger partial charge in [0.15, 0.2) is 11.5 Å². The lowest BCUT2D eigenvalue weighted by Gasteiger charge is -2.31. The van der Waals surface area contributed by atoms with Gasteiger partial charge in [-0.3, -0.25) is 9.59 Å². The summed E-state index contributed by atoms with van der Waals surface area (Å²) >= 11 is 6.58. The summed E-state index contributed by atoms with van der Waals surface area (Å²) in [5, 5.41) is 6.63. The lowest BCUT2D eigenvalue weighted by molar-refractivity contribution is -0.138. The molecule has 0 fully saturated rings. The second-order valence-electron chi connectivity index (χ2n) is 13.9. The van der Waals surface area contributed by atoms with Crippen LogP contribution < -0.4 is 25.0 Å². The molecular formula is C42H48Cl2FN3O5. The first-order valence-electron chi connectivity index (χ1n) is 17.5. The molecule has 4 aromatic rings. The Labute approximate surface area is 323 Å². The van der Waals surface area contributed by atoms with Gasteiger partial charge >= 0.3 is 0 Å². The van der Waals surface area contributed by atoms with Gasteiger partial charge in [0, 0.05) is 47.0 Å². The highest BCUT2D eigenvalue weighted by atomic mass is 35.5. The number of hydrogen-bond acceptors (Lipinski definition) is 6. The van der Waals surface area contributed by atoms with Gasteiger partial charge in [-0.2, -0.15) is 0 Å². The molecular weight excluding hydrogens is 716 g/mol. The minimum absolute atomic E-state index is 0. The minimum Gasteiger partial charge on any atom is -0.492 e. The molecule has 2 unspecified atom stereocenters. The number of methoxy groups -OCH3 is 1. The molecule has 0 aliphatic carbocycles. The maximum absolute atomic E-state index is 14.3. The highest BCUT2D eigenvalue weighted by Crippen LogP contribution is 2.45. The third-order valence-electron chi connectivity index (χ3n) is 8.47. The normalized spacial score (nSPS) is 15.7. The summed E-state index contributed by atoms with van der Waals surface area (Å²) < 4.78 is 33.1. The molecule has 2 amide bonds. The largest absolute Gasteiger partial charge is 0.492 e. The number of carbonyl (C=O) groups is 2. The summed E-state index contributed by atoms with van der Waals surface area (Å²) in [6.45, 7) is 8.38. The molecule has 0 radical (unpaired) electrons. The van der Waals surface area contributed by atoms with Crippen molar-refractivity contribution in [1.82, 2.24) is 10.6 Å². The van der Waals surface area contributed by atoms with Gasteiger partial charge in [0.05, 0.1) is 20.1 Å². The number of halogens is 3. The summed E-state index contributed by atoms with van der Waals surface area (Å²) in [7, 11) is 1.56. The quantitative estimate of drug-likeness (QED) is 0.118. The number of ether oxygens (including phenoxy) is 3. The van der Waals surface area contributed by atoms with Gasteiger partial charge in [-0.15, -0.1) is 12.4 Å². The standard InChI is InChI=1S/C42H47ClFN3O5.ClH/c1-42(2,3)28-47-35-21-20-31(43)25-33(35)39(52-37(41(47)49)26-38(48)46-27-30-16-8-9-18-34(30)44)32-17-10-19-36(40(32)50-4)51-24-12-23-45-22-11-15-29-13-6-5-7-14-29;/h5-11,13-21,25,37,39,45H,12,22-24,26-28H2,1-4H3,(H,46,48);1H. The van der Waals surface area contributed by atoms with E-state index >= 15 is 0 Å². The second-order valence-corrected chi connectivity index (χ2v) is 14.3. The fourth-order valence-corrected chi connectivity index (χ4v) is 6.24. The summed E-state index contributed by atoms with van der Waals surface area (Å²) in [6, 6.07) is 27.3. The Morgan fingerprint density at radius 1 is 1.00 bits per heavy atom. The van der Waals surface area contributed by atoms with E-state index in [0.29, 0.717) is 52.1 Å². The van der Waals surface area contributed by atoms with E-state index in [4.69, 9.17) is 25.8 Å². The number of hydrogen-bond donors (Lipinski definition) is 2. The maximum atomic E-state index is 14.3. The van der Waals surface area contributed by atoms with Gasteiger partial charge in [-0.1, -0.05) is 105 Å². The van der Waals surface area contributed by atoms with Crippen LogP contribution in [0.5, 0.6) is 11.5 Å². The van der Waals surface area contributed by atoms with Crippen LogP contribution in [0.4, 0.5) is 10.1 Å². The van der Waals surface area contributed by atoms with Crippen molar-refractivity contribution in [3.63, 3.8) is 0 Å². The van der Waals surface area contributed by atoms with Gasteiger partial charge < -0.3 is 29.7 Å². The van der Waals surface area contributed by atoms with E-state index in [1.54, 1.807) is 42.3 Å². The molecule has 0 spiro atoms. The number of para-hydroxylation sites is 1. The van der Waals surface area contributed by atoms with E-state index in [1.807, 2.05) is 63.2 Å². The van der Waals surface area contributed by atoms with Crippen LogP contribution in [-0.4, -0.2) is 51.3 Å². The van der Waals surface area contributed by atoms with Crippen LogP contribution in [0.3, 0.4) is 0 Å². The number of rotatable bonds is 15. The predicted octanol–water partition coefficient (Wildman–Crippen LogP) is 8.56. The Morgan fingerprint density at radius 2 is 1.75 bits per heavy atom. The van der Waals surface area contributed by atoms with Crippen molar-refractivity contribution in [3.8, 4) is 11.5 Å². The van der Waals surface area contributed by atoms with Crippen molar-refractivity contribution in [1.29, 1.82) is 0 Å². The van der Waals surface area contributed by atoms with Crippen LogP contribution in [0.1, 0.15) is 62.0 Å². The Kier molecular flexibility index (Phi) is 15.3. The Morgan fingerprint density at radius 3 is 2.49 bits per heavy atom. The molecule has 2 N–H and O–H groups in total. The Bertz CT molecular complexity index is 1850. The van der Waals surface area contributed by atoms with E-state index in [-0.39, 0.29) is 36.7 Å². The maximum Gasteiger partial charge on any atom is 0.256 e. The minimum atomic E-state index is -1.17. The lowest BCUT2D eigenvalue weighted by atomic mass is 9.94. The lowest BCUT2D eigenvalue weighted by Crippen LogP contribution is -2.45. The smallest absolute Gasteiger partial charge is 0.256 e. The Hall–Kier alpha value is -4.41. The topological polar surface area (TPSA) is 89.1 Å². The molecule has 0 aromatic heterocycles. The van der Waals surface area contributed by atoms with Crippen molar-refractivity contribution in [2.45, 2.75) is 52.4 Å². The molecule has 11 heteroatoms. The second kappa shape index (κ2) is 19.6. The van der Waals surface area contributed by atoms with Crippen molar-refractivity contribution in [3.05, 3.63) is 130 Å². The predicted molar refractivity (Wildman–Crippen MR) is 212 cm³/mol. The molecule has 5 rings (SSSR count).